The number of fused-ring (bicyclic) bond motifs is 3. The number of carbonyl (C=O) groups excluding carboxylic acids is 1. The van der Waals surface area contributed by atoms with E-state index in [1.165, 1.54) is 18.2 Å². The molecule has 0 aromatic heterocycles. The Morgan fingerprint density at radius 1 is 1.40 bits per heavy atom. The van der Waals surface area contributed by atoms with E-state index in [0.29, 0.717) is 11.7 Å². The molecular weight excluding hydrogens is 252 g/mol. The number of esters is 1. The van der Waals surface area contributed by atoms with Crippen LogP contribution in [0.2, 0.25) is 0 Å². The summed E-state index contributed by atoms with van der Waals surface area (Å²) < 4.78 is 5.01. The van der Waals surface area contributed by atoms with E-state index in [9.17, 15) is 9.90 Å². The fourth-order valence-electron chi connectivity index (χ4n) is 4.43. The van der Waals surface area contributed by atoms with Gasteiger partial charge in [-0.15, -0.1) is 0 Å². The monoisotopic (exact) mass is 274 g/mol. The molecule has 3 rings (SSSR count). The van der Waals surface area contributed by atoms with Crippen LogP contribution in [0, 0.1) is 11.8 Å². The van der Waals surface area contributed by atoms with E-state index in [1.54, 1.807) is 6.07 Å². The number of benzene rings is 1. The van der Waals surface area contributed by atoms with E-state index in [2.05, 4.69) is 6.92 Å². The first-order valence-electron chi connectivity index (χ1n) is 7.46. The lowest BCUT2D eigenvalue weighted by Gasteiger charge is -2.49. The molecule has 2 aliphatic carbocycles. The number of aromatic hydroxyl groups is 1. The normalized spacial score (nSPS) is 32.1. The minimum Gasteiger partial charge on any atom is -0.508 e. The summed E-state index contributed by atoms with van der Waals surface area (Å²) in [5.41, 5.74) is 2.55. The van der Waals surface area contributed by atoms with Crippen LogP contribution in [0.15, 0.2) is 18.2 Å². The van der Waals surface area contributed by atoms with E-state index in [0.717, 1.165) is 32.1 Å². The quantitative estimate of drug-likeness (QED) is 0.800. The molecular formula is C17H22O3. The lowest BCUT2D eigenvalue weighted by Crippen LogP contribution is -2.46. The Morgan fingerprint density at radius 3 is 2.95 bits per heavy atom. The molecule has 3 nitrogen and oxygen atoms in total. The lowest BCUT2D eigenvalue weighted by molar-refractivity contribution is -0.150. The van der Waals surface area contributed by atoms with E-state index in [-0.39, 0.29) is 17.3 Å². The Morgan fingerprint density at radius 2 is 2.20 bits per heavy atom. The molecule has 3 atom stereocenters. The van der Waals surface area contributed by atoms with Gasteiger partial charge in [0.25, 0.3) is 0 Å². The van der Waals surface area contributed by atoms with E-state index in [4.69, 9.17) is 4.74 Å². The number of phenols is 1. The molecule has 1 N–H and O–H groups in total. The van der Waals surface area contributed by atoms with E-state index >= 15 is 0 Å². The van der Waals surface area contributed by atoms with Gasteiger partial charge >= 0.3 is 5.97 Å². The molecule has 2 aliphatic rings. The van der Waals surface area contributed by atoms with Gasteiger partial charge in [-0.3, -0.25) is 4.79 Å². The van der Waals surface area contributed by atoms with Crippen LogP contribution < -0.4 is 0 Å². The molecule has 0 heterocycles. The Balaban J connectivity index is 2.04. The fourth-order valence-corrected chi connectivity index (χ4v) is 4.43. The van der Waals surface area contributed by atoms with E-state index < -0.39 is 0 Å². The third kappa shape index (κ3) is 1.91. The molecule has 1 saturated carbocycles. The second-order valence-electron chi connectivity index (χ2n) is 6.43. The molecule has 0 amide bonds. The average molecular weight is 274 g/mol. The summed E-state index contributed by atoms with van der Waals surface area (Å²) in [5, 5.41) is 9.82. The van der Waals surface area contributed by atoms with Crippen molar-refractivity contribution in [2.45, 2.75) is 44.4 Å². The molecule has 20 heavy (non-hydrogen) atoms. The van der Waals surface area contributed by atoms with Crippen molar-refractivity contribution in [2.24, 2.45) is 11.8 Å². The standard InChI is InChI=1S/C17H22O3/c1-17-9-3-4-13(16(19)20-2)14(17)8-6-11-5-7-12(18)10-15(11)17/h5,7,10,13-14,18H,3-4,6,8-9H2,1-2H3. The molecule has 3 unspecified atom stereocenters. The van der Waals surface area contributed by atoms with E-state index in [1.807, 2.05) is 12.1 Å². The molecule has 0 radical (unpaired) electrons. The molecule has 1 aromatic rings. The number of rotatable bonds is 1. The second-order valence-corrected chi connectivity index (χ2v) is 6.43. The molecule has 0 saturated heterocycles. The number of hydrogen-bond acceptors (Lipinski definition) is 3. The summed E-state index contributed by atoms with van der Waals surface area (Å²) in [5.74, 6) is 0.600. The first kappa shape index (κ1) is 13.5. The van der Waals surface area contributed by atoms with Crippen LogP contribution in [0.25, 0.3) is 0 Å². The zero-order valence-corrected chi connectivity index (χ0v) is 12.2. The van der Waals surface area contributed by atoms with Crippen LogP contribution >= 0.6 is 0 Å². The Kier molecular flexibility index (Phi) is 3.23. The summed E-state index contributed by atoms with van der Waals surface area (Å²) in [6.45, 7) is 2.25. The van der Waals surface area contributed by atoms with Crippen molar-refractivity contribution < 1.29 is 14.6 Å². The van der Waals surface area contributed by atoms with Crippen molar-refractivity contribution >= 4 is 5.97 Å². The second kappa shape index (κ2) is 4.80. The highest BCUT2D eigenvalue weighted by atomic mass is 16.5. The van der Waals surface area contributed by atoms with Gasteiger partial charge in [-0.2, -0.15) is 0 Å². The van der Waals surface area contributed by atoms with Gasteiger partial charge in [0.1, 0.15) is 5.75 Å². The highest BCUT2D eigenvalue weighted by Gasteiger charge is 2.48. The highest BCUT2D eigenvalue weighted by molar-refractivity contribution is 5.73. The van der Waals surface area contributed by atoms with Gasteiger partial charge in [0.15, 0.2) is 0 Å². The fraction of sp³-hybridized carbons (Fsp3) is 0.588. The number of methoxy groups -OCH3 is 1. The van der Waals surface area contributed by atoms with Crippen molar-refractivity contribution in [1.82, 2.24) is 0 Å². The number of phenolic OH excluding ortho intramolecular Hbond substituents is 1. The van der Waals surface area contributed by atoms with Crippen LogP contribution in [0.4, 0.5) is 0 Å². The van der Waals surface area contributed by atoms with Gasteiger partial charge in [-0.1, -0.05) is 19.4 Å². The number of hydrogen-bond donors (Lipinski definition) is 1. The Hall–Kier alpha value is -1.51. The summed E-state index contributed by atoms with van der Waals surface area (Å²) in [7, 11) is 1.48. The molecule has 0 bridgehead atoms. The predicted octanol–water partition coefficient (Wildman–Crippen LogP) is 3.19. The van der Waals surface area contributed by atoms with Gasteiger partial charge in [0.05, 0.1) is 13.0 Å². The van der Waals surface area contributed by atoms with Gasteiger partial charge < -0.3 is 9.84 Å². The molecule has 0 spiro atoms. The van der Waals surface area contributed by atoms with Crippen molar-refractivity contribution in [3.63, 3.8) is 0 Å². The minimum absolute atomic E-state index is 0.00856. The number of aryl methyl sites for hydroxylation is 1. The molecule has 108 valence electrons. The molecule has 3 heteroatoms. The topological polar surface area (TPSA) is 46.5 Å². The summed E-state index contributed by atoms with van der Waals surface area (Å²) in [4.78, 5) is 12.1. The zero-order valence-electron chi connectivity index (χ0n) is 12.2. The SMILES string of the molecule is COC(=O)C1CCCC2(C)c3cc(O)ccc3CCC12. The summed E-state index contributed by atoms with van der Waals surface area (Å²) in [6.07, 6.45) is 5.09. The largest absolute Gasteiger partial charge is 0.508 e. The Labute approximate surface area is 120 Å². The molecule has 1 aromatic carbocycles. The maximum absolute atomic E-state index is 12.1. The maximum atomic E-state index is 12.1. The van der Waals surface area contributed by atoms with Crippen molar-refractivity contribution in [3.05, 3.63) is 29.3 Å². The summed E-state index contributed by atoms with van der Waals surface area (Å²) in [6, 6.07) is 5.71. The van der Waals surface area contributed by atoms with Crippen molar-refractivity contribution in [3.8, 4) is 5.75 Å². The lowest BCUT2D eigenvalue weighted by atomic mass is 9.55. The van der Waals surface area contributed by atoms with Crippen molar-refractivity contribution in [1.29, 1.82) is 0 Å². The Bertz CT molecular complexity index is 537. The first-order chi connectivity index (χ1) is 9.56. The van der Waals surface area contributed by atoms with Crippen LogP contribution in [0.5, 0.6) is 5.75 Å². The van der Waals surface area contributed by atoms with Crippen molar-refractivity contribution in [2.75, 3.05) is 7.11 Å². The third-order valence-corrected chi connectivity index (χ3v) is 5.45. The van der Waals surface area contributed by atoms with Gasteiger partial charge in [0.2, 0.25) is 0 Å². The third-order valence-electron chi connectivity index (χ3n) is 5.45. The van der Waals surface area contributed by atoms with Crippen LogP contribution in [0.3, 0.4) is 0 Å². The zero-order chi connectivity index (χ0) is 14.3. The number of ether oxygens (including phenoxy) is 1. The van der Waals surface area contributed by atoms with Gasteiger partial charge in [0, 0.05) is 0 Å². The van der Waals surface area contributed by atoms with Gasteiger partial charge in [-0.05, 0) is 60.3 Å². The van der Waals surface area contributed by atoms with Gasteiger partial charge in [-0.25, -0.2) is 0 Å². The highest BCUT2D eigenvalue weighted by Crippen LogP contribution is 2.52. The summed E-state index contributed by atoms with van der Waals surface area (Å²) >= 11 is 0. The predicted molar refractivity (Wildman–Crippen MR) is 76.6 cm³/mol. The maximum Gasteiger partial charge on any atom is 0.308 e. The molecule has 1 fully saturated rings. The number of carbonyl (C=O) groups is 1. The average Bonchev–Trinajstić information content (AvgIpc) is 2.45. The first-order valence-corrected chi connectivity index (χ1v) is 7.46. The smallest absolute Gasteiger partial charge is 0.308 e. The van der Waals surface area contributed by atoms with Crippen LogP contribution in [-0.2, 0) is 21.4 Å². The van der Waals surface area contributed by atoms with Crippen LogP contribution in [-0.4, -0.2) is 18.2 Å². The minimum atomic E-state index is -0.0653. The van der Waals surface area contributed by atoms with Crippen LogP contribution in [0.1, 0.15) is 43.7 Å². The molecule has 0 aliphatic heterocycles.